The first-order chi connectivity index (χ1) is 34.0. The number of nitrogens with zero attached hydrogens (tertiary/aromatic N) is 4. The van der Waals surface area contributed by atoms with Crippen molar-refractivity contribution in [2.24, 2.45) is 0 Å². The minimum absolute atomic E-state index is 0.0488. The molecular weight excluding hydrogens is 889 g/mol. The van der Waals surface area contributed by atoms with Crippen molar-refractivity contribution in [1.29, 1.82) is 0 Å². The molecule has 2 saturated heterocycles. The maximum atomic E-state index is 14.6. The van der Waals surface area contributed by atoms with Crippen molar-refractivity contribution in [3.05, 3.63) is 156 Å². The molecule has 2 atom stereocenters. The van der Waals surface area contributed by atoms with Crippen molar-refractivity contribution >= 4 is 47.5 Å². The van der Waals surface area contributed by atoms with Crippen LogP contribution in [-0.2, 0) is 54.7 Å². The molecule has 368 valence electrons. The van der Waals surface area contributed by atoms with Gasteiger partial charge >= 0.3 is 12.1 Å². The van der Waals surface area contributed by atoms with Gasteiger partial charge in [-0.05, 0) is 47.9 Å². The fourth-order valence-corrected chi connectivity index (χ4v) is 8.45. The Hall–Kier alpha value is -7.62. The van der Waals surface area contributed by atoms with Crippen LogP contribution in [0.5, 0.6) is 0 Å². The molecule has 2 heterocycles. The molecule has 16 heteroatoms. The highest BCUT2D eigenvalue weighted by Gasteiger charge is 2.30. The number of benzene rings is 4. The summed E-state index contributed by atoms with van der Waals surface area (Å²) in [6.45, 7) is 1.23. The predicted octanol–water partition coefficient (Wildman–Crippen LogP) is 5.28. The van der Waals surface area contributed by atoms with Gasteiger partial charge in [0, 0.05) is 90.2 Å². The molecule has 16 nitrogen and oxygen atoms in total. The van der Waals surface area contributed by atoms with Crippen LogP contribution < -0.4 is 21.3 Å². The Kier molecular flexibility index (Phi) is 20.3. The lowest BCUT2D eigenvalue weighted by molar-refractivity contribution is -0.136. The minimum atomic E-state index is -1.09. The van der Waals surface area contributed by atoms with E-state index in [0.29, 0.717) is 25.9 Å². The molecule has 2 fully saturated rings. The lowest BCUT2D eigenvalue weighted by Crippen LogP contribution is -2.52. The van der Waals surface area contributed by atoms with Crippen LogP contribution >= 0.6 is 0 Å². The van der Waals surface area contributed by atoms with Crippen LogP contribution in [0.25, 0.3) is 0 Å². The molecule has 0 bridgehead atoms. The Morgan fingerprint density at radius 1 is 0.471 bits per heavy atom. The van der Waals surface area contributed by atoms with Gasteiger partial charge in [-0.3, -0.25) is 38.6 Å². The molecule has 0 saturated carbocycles. The standard InChI is InChI=1S/C54H64N8O8/c63-47(57-45(37-41-19-7-1-8-20-41)51(67)59(39-43-23-11-3-12-24-43)35-31-55-53(69)61-33-17-5-15-27-49(61)65)29-30-48(64)58-46(38-42-21-9-2-10-22-42)52(68)60(40-44-25-13-4-14-26-44)36-32-56-54(70)62-34-18-6-16-28-50(62)66/h1-4,7-14,19-26,29-30,45-46H,5-6,15-18,27-28,31-40H2,(H,55,69)(H,56,70)(H,57,63)(H,58,64)/b30-29+. The van der Waals surface area contributed by atoms with Crippen molar-refractivity contribution in [3.63, 3.8) is 0 Å². The average Bonchev–Trinajstić information content (AvgIpc) is 3.74. The third-order valence-corrected chi connectivity index (χ3v) is 12.2. The second-order valence-corrected chi connectivity index (χ2v) is 17.5. The second-order valence-electron chi connectivity index (χ2n) is 17.5. The zero-order valence-electron chi connectivity index (χ0n) is 39.6. The predicted molar refractivity (Wildman–Crippen MR) is 264 cm³/mol. The lowest BCUT2D eigenvalue weighted by Gasteiger charge is -2.29. The van der Waals surface area contributed by atoms with Gasteiger partial charge in [0.25, 0.3) is 0 Å². The van der Waals surface area contributed by atoms with Gasteiger partial charge in [0.2, 0.25) is 35.4 Å². The van der Waals surface area contributed by atoms with Crippen molar-refractivity contribution in [2.75, 3.05) is 39.3 Å². The van der Waals surface area contributed by atoms with E-state index in [4.69, 9.17) is 0 Å². The van der Waals surface area contributed by atoms with E-state index in [1.807, 2.05) is 121 Å². The van der Waals surface area contributed by atoms with Gasteiger partial charge in [-0.25, -0.2) is 9.59 Å². The molecule has 70 heavy (non-hydrogen) atoms. The molecule has 0 aromatic heterocycles. The van der Waals surface area contributed by atoms with Crippen LogP contribution in [0.3, 0.4) is 0 Å². The van der Waals surface area contributed by atoms with Crippen molar-refractivity contribution in [1.82, 2.24) is 40.9 Å². The number of nitrogens with one attached hydrogen (secondary N) is 4. The molecule has 0 radical (unpaired) electrons. The number of hydrogen-bond acceptors (Lipinski definition) is 8. The van der Waals surface area contributed by atoms with E-state index in [2.05, 4.69) is 21.3 Å². The Morgan fingerprint density at radius 3 is 1.17 bits per heavy atom. The summed E-state index contributed by atoms with van der Waals surface area (Å²) in [6.07, 6.45) is 7.50. The zero-order valence-corrected chi connectivity index (χ0v) is 39.6. The molecule has 2 unspecified atom stereocenters. The number of carbonyl (C=O) groups excluding carboxylic acids is 8. The third kappa shape index (κ3) is 16.6. The summed E-state index contributed by atoms with van der Waals surface area (Å²) in [5.74, 6) is -2.78. The highest BCUT2D eigenvalue weighted by atomic mass is 16.2. The van der Waals surface area contributed by atoms with Crippen LogP contribution in [0.4, 0.5) is 9.59 Å². The Labute approximate surface area is 409 Å². The first kappa shape index (κ1) is 51.8. The van der Waals surface area contributed by atoms with Gasteiger partial charge in [0.1, 0.15) is 12.1 Å². The SMILES string of the molecule is O=C(/C=C/C(=O)NC(Cc1ccccc1)C(=O)N(CCNC(=O)N1CCCCCC1=O)Cc1ccccc1)NC(Cc1ccccc1)C(=O)N(CCNC(=O)N1CCCCCC1=O)Cc1ccccc1. The Bertz CT molecular complexity index is 2240. The monoisotopic (exact) mass is 952 g/mol. The molecule has 0 spiro atoms. The first-order valence-electron chi connectivity index (χ1n) is 24.2. The molecule has 4 aromatic carbocycles. The van der Waals surface area contributed by atoms with Crippen LogP contribution in [0.15, 0.2) is 133 Å². The number of amides is 10. The largest absolute Gasteiger partial charge is 0.340 e. The van der Waals surface area contributed by atoms with E-state index in [1.54, 1.807) is 9.80 Å². The van der Waals surface area contributed by atoms with E-state index in [0.717, 1.165) is 72.9 Å². The highest BCUT2D eigenvalue weighted by Crippen LogP contribution is 2.15. The van der Waals surface area contributed by atoms with Gasteiger partial charge in [0.15, 0.2) is 0 Å². The maximum Gasteiger partial charge on any atom is 0.324 e. The quantitative estimate of drug-likeness (QED) is 0.0859. The number of likely N-dealkylation sites (tertiary alicyclic amines) is 2. The Morgan fingerprint density at radius 2 is 0.814 bits per heavy atom. The van der Waals surface area contributed by atoms with Crippen LogP contribution in [-0.4, -0.2) is 118 Å². The smallest absolute Gasteiger partial charge is 0.324 e. The molecule has 2 aliphatic heterocycles. The minimum Gasteiger partial charge on any atom is -0.340 e. The summed E-state index contributed by atoms with van der Waals surface area (Å²) in [5, 5.41) is 11.2. The molecule has 6 rings (SSSR count). The van der Waals surface area contributed by atoms with Gasteiger partial charge < -0.3 is 31.1 Å². The number of urea groups is 2. The van der Waals surface area contributed by atoms with Gasteiger partial charge in [0.05, 0.1) is 0 Å². The lowest BCUT2D eigenvalue weighted by atomic mass is 10.0. The molecule has 0 aliphatic carbocycles. The second kappa shape index (κ2) is 27.4. The van der Waals surface area contributed by atoms with E-state index < -0.39 is 47.8 Å². The first-order valence-corrected chi connectivity index (χ1v) is 24.2. The fourth-order valence-electron chi connectivity index (χ4n) is 8.45. The summed E-state index contributed by atoms with van der Waals surface area (Å²) in [7, 11) is 0. The van der Waals surface area contributed by atoms with Crippen molar-refractivity contribution < 1.29 is 38.4 Å². The zero-order chi connectivity index (χ0) is 49.5. The van der Waals surface area contributed by atoms with Gasteiger partial charge in [-0.1, -0.05) is 134 Å². The normalized spacial score (nSPS) is 14.9. The van der Waals surface area contributed by atoms with E-state index >= 15 is 0 Å². The third-order valence-electron chi connectivity index (χ3n) is 12.2. The van der Waals surface area contributed by atoms with Crippen molar-refractivity contribution in [3.8, 4) is 0 Å². The van der Waals surface area contributed by atoms with Crippen LogP contribution in [0.1, 0.15) is 73.6 Å². The fraction of sp³-hybridized carbons (Fsp3) is 0.370. The summed E-state index contributed by atoms with van der Waals surface area (Å²) < 4.78 is 0. The number of rotatable bonds is 20. The number of hydrogen-bond donors (Lipinski definition) is 4. The molecule has 2 aliphatic rings. The summed E-state index contributed by atoms with van der Waals surface area (Å²) in [6, 6.07) is 33.7. The molecule has 10 amide bonds. The topological polar surface area (TPSA) is 198 Å². The van der Waals surface area contributed by atoms with Crippen molar-refractivity contribution in [2.45, 2.75) is 89.4 Å². The molecular formula is C54H64N8O8. The molecule has 4 N–H and O–H groups in total. The number of imide groups is 2. The van der Waals surface area contributed by atoms with Crippen LogP contribution in [0, 0.1) is 0 Å². The van der Waals surface area contributed by atoms with E-state index in [-0.39, 0.29) is 63.9 Å². The Balaban J connectivity index is 1.16. The summed E-state index contributed by atoms with van der Waals surface area (Å²) in [5.41, 5.74) is 3.19. The summed E-state index contributed by atoms with van der Waals surface area (Å²) >= 11 is 0. The molecule has 4 aromatic rings. The maximum absolute atomic E-state index is 14.6. The van der Waals surface area contributed by atoms with E-state index in [9.17, 15) is 38.4 Å². The average molecular weight is 953 g/mol. The number of carbonyl (C=O) groups is 8. The highest BCUT2D eigenvalue weighted by molar-refractivity contribution is 6.00. The van der Waals surface area contributed by atoms with Gasteiger partial charge in [-0.15, -0.1) is 0 Å². The summed E-state index contributed by atoms with van der Waals surface area (Å²) in [4.78, 5) is 114. The van der Waals surface area contributed by atoms with Crippen LogP contribution in [0.2, 0.25) is 0 Å². The van der Waals surface area contributed by atoms with E-state index in [1.165, 1.54) is 9.80 Å². The van der Waals surface area contributed by atoms with Gasteiger partial charge in [-0.2, -0.15) is 0 Å².